The van der Waals surface area contributed by atoms with Gasteiger partial charge < -0.3 is 4.90 Å². The van der Waals surface area contributed by atoms with E-state index in [4.69, 9.17) is 0 Å². The molecular formula is C17H18FN3O4. The van der Waals surface area contributed by atoms with Crippen LogP contribution in [-0.2, 0) is 16.1 Å². The molecule has 0 bridgehead atoms. The van der Waals surface area contributed by atoms with Gasteiger partial charge in [-0.2, -0.15) is 0 Å². The minimum Gasteiger partial charge on any atom is -0.305 e. The van der Waals surface area contributed by atoms with E-state index in [9.17, 15) is 19.2 Å². The lowest BCUT2D eigenvalue weighted by molar-refractivity contribution is -0.165. The number of carbonyl (C=O) groups is 4. The number of piperidine rings is 1. The van der Waals surface area contributed by atoms with E-state index in [0.29, 0.717) is 21.9 Å². The lowest BCUT2D eigenvalue weighted by Crippen LogP contribution is -2.62. The Balaban J connectivity index is 2.06. The van der Waals surface area contributed by atoms with Gasteiger partial charge in [0.05, 0.1) is 11.1 Å². The molecule has 0 saturated carbocycles. The Morgan fingerprint density at radius 2 is 1.84 bits per heavy atom. The van der Waals surface area contributed by atoms with Crippen molar-refractivity contribution in [3.8, 4) is 0 Å². The molecule has 7 nitrogen and oxygen atoms in total. The number of amides is 4. The molecule has 1 aromatic carbocycles. The van der Waals surface area contributed by atoms with Crippen molar-refractivity contribution in [1.82, 2.24) is 14.7 Å². The molecule has 1 atom stereocenters. The fourth-order valence-corrected chi connectivity index (χ4v) is 3.27. The van der Waals surface area contributed by atoms with Crippen molar-refractivity contribution in [1.29, 1.82) is 0 Å². The summed E-state index contributed by atoms with van der Waals surface area (Å²) in [6.07, 6.45) is -0.778. The van der Waals surface area contributed by atoms with Crippen LogP contribution in [0, 0.1) is 0 Å². The third-order valence-electron chi connectivity index (χ3n) is 4.52. The Kier molecular flexibility index (Phi) is 3.95. The number of carbonyl (C=O) groups excluding carboxylic acids is 4. The van der Waals surface area contributed by atoms with Crippen LogP contribution in [0.4, 0.5) is 4.39 Å². The standard InChI is InChI=1S/C17H18FN3O4/c1-19(2)9-10-5-4-6-11-13(10)15(24)21(14(11)23)17(18)8-7-12(22)20(3)16(17)25/h4-6H,7-9H2,1-3H3. The molecule has 2 aliphatic heterocycles. The first-order valence-corrected chi connectivity index (χ1v) is 7.84. The van der Waals surface area contributed by atoms with Crippen LogP contribution in [0.3, 0.4) is 0 Å². The maximum Gasteiger partial charge on any atom is 0.288 e. The van der Waals surface area contributed by atoms with Crippen LogP contribution in [0.25, 0.3) is 0 Å². The second kappa shape index (κ2) is 5.73. The number of benzene rings is 1. The third-order valence-corrected chi connectivity index (χ3v) is 4.52. The van der Waals surface area contributed by atoms with E-state index in [-0.39, 0.29) is 17.5 Å². The highest BCUT2D eigenvalue weighted by Crippen LogP contribution is 2.38. The van der Waals surface area contributed by atoms with Crippen LogP contribution >= 0.6 is 0 Å². The van der Waals surface area contributed by atoms with E-state index in [2.05, 4.69) is 0 Å². The number of hydrogen-bond donors (Lipinski definition) is 0. The van der Waals surface area contributed by atoms with E-state index >= 15 is 4.39 Å². The molecule has 1 fully saturated rings. The van der Waals surface area contributed by atoms with E-state index in [0.717, 1.165) is 7.05 Å². The molecule has 2 aliphatic rings. The molecule has 0 aliphatic carbocycles. The molecule has 3 rings (SSSR count). The van der Waals surface area contributed by atoms with Gasteiger partial charge in [0.2, 0.25) is 5.91 Å². The highest BCUT2D eigenvalue weighted by atomic mass is 19.1. The number of halogens is 1. The zero-order valence-electron chi connectivity index (χ0n) is 14.2. The summed E-state index contributed by atoms with van der Waals surface area (Å²) < 4.78 is 15.5. The van der Waals surface area contributed by atoms with Crippen molar-refractivity contribution in [2.75, 3.05) is 21.1 Å². The summed E-state index contributed by atoms with van der Waals surface area (Å²) in [6, 6.07) is 4.76. The number of imide groups is 2. The molecule has 1 unspecified atom stereocenters. The highest BCUT2D eigenvalue weighted by Gasteiger charge is 2.58. The quantitative estimate of drug-likeness (QED) is 0.597. The van der Waals surface area contributed by atoms with Crippen LogP contribution in [0.15, 0.2) is 18.2 Å². The normalized spacial score (nSPS) is 23.7. The van der Waals surface area contributed by atoms with Gasteiger partial charge in [0.15, 0.2) is 0 Å². The monoisotopic (exact) mass is 347 g/mol. The van der Waals surface area contributed by atoms with Gasteiger partial charge in [0.25, 0.3) is 23.5 Å². The summed E-state index contributed by atoms with van der Waals surface area (Å²) in [4.78, 5) is 52.3. The minimum atomic E-state index is -2.84. The average molecular weight is 347 g/mol. The zero-order valence-corrected chi connectivity index (χ0v) is 14.2. The number of nitrogens with zero attached hydrogens (tertiary/aromatic N) is 3. The zero-order chi connectivity index (χ0) is 18.5. The van der Waals surface area contributed by atoms with Gasteiger partial charge in [-0.05, 0) is 25.7 Å². The maximum atomic E-state index is 15.5. The third kappa shape index (κ3) is 2.44. The van der Waals surface area contributed by atoms with Gasteiger partial charge in [0.1, 0.15) is 0 Å². The molecule has 4 amide bonds. The molecule has 0 N–H and O–H groups in total. The van der Waals surface area contributed by atoms with Crippen molar-refractivity contribution < 1.29 is 23.6 Å². The number of alkyl halides is 1. The molecule has 8 heteroatoms. The molecule has 25 heavy (non-hydrogen) atoms. The molecular weight excluding hydrogens is 329 g/mol. The molecule has 2 heterocycles. The van der Waals surface area contributed by atoms with Crippen LogP contribution in [0.1, 0.15) is 39.1 Å². The van der Waals surface area contributed by atoms with Gasteiger partial charge >= 0.3 is 0 Å². The predicted octanol–water partition coefficient (Wildman–Crippen LogP) is 0.789. The van der Waals surface area contributed by atoms with E-state index in [1.165, 1.54) is 6.07 Å². The molecule has 0 radical (unpaired) electrons. The Morgan fingerprint density at radius 3 is 2.48 bits per heavy atom. The van der Waals surface area contributed by atoms with Crippen molar-refractivity contribution in [2.45, 2.75) is 25.2 Å². The van der Waals surface area contributed by atoms with Crippen molar-refractivity contribution >= 4 is 23.6 Å². The first-order valence-electron chi connectivity index (χ1n) is 7.84. The molecule has 1 aromatic rings. The summed E-state index contributed by atoms with van der Waals surface area (Å²) in [5.74, 6) is -6.25. The number of likely N-dealkylation sites (N-methyl/N-ethyl adjacent to an activating group) is 1. The summed E-state index contributed by atoms with van der Waals surface area (Å²) in [7, 11) is 4.76. The second-order valence-corrected chi connectivity index (χ2v) is 6.54. The topological polar surface area (TPSA) is 78.0 Å². The summed E-state index contributed by atoms with van der Waals surface area (Å²) in [5.41, 5.74) is 0.777. The largest absolute Gasteiger partial charge is 0.305 e. The number of rotatable bonds is 3. The van der Waals surface area contributed by atoms with Crippen LogP contribution < -0.4 is 0 Å². The minimum absolute atomic E-state index is 0.0775. The first-order chi connectivity index (χ1) is 11.7. The van der Waals surface area contributed by atoms with Gasteiger partial charge in [-0.3, -0.25) is 24.1 Å². The van der Waals surface area contributed by atoms with Crippen LogP contribution in [0.5, 0.6) is 0 Å². The lowest BCUT2D eigenvalue weighted by atomic mass is 10.00. The Bertz CT molecular complexity index is 807. The smallest absolute Gasteiger partial charge is 0.288 e. The summed E-state index contributed by atoms with van der Waals surface area (Å²) in [6.45, 7) is 0.391. The van der Waals surface area contributed by atoms with Crippen LogP contribution in [0.2, 0.25) is 0 Å². The van der Waals surface area contributed by atoms with Crippen molar-refractivity contribution in [3.63, 3.8) is 0 Å². The summed E-state index contributed by atoms with van der Waals surface area (Å²) in [5, 5.41) is 0. The van der Waals surface area contributed by atoms with Gasteiger partial charge in [-0.15, -0.1) is 0 Å². The first kappa shape index (κ1) is 17.2. The fraction of sp³-hybridized carbons (Fsp3) is 0.412. The average Bonchev–Trinajstić information content (AvgIpc) is 2.81. The molecule has 132 valence electrons. The van der Waals surface area contributed by atoms with Crippen molar-refractivity contribution in [3.05, 3.63) is 34.9 Å². The SMILES string of the molecule is CN(C)Cc1cccc2c1C(=O)N(C1(F)CCC(=O)N(C)C1=O)C2=O. The predicted molar refractivity (Wildman–Crippen MR) is 85.2 cm³/mol. The van der Waals surface area contributed by atoms with Gasteiger partial charge in [0, 0.05) is 26.4 Å². The second-order valence-electron chi connectivity index (χ2n) is 6.54. The number of fused-ring (bicyclic) bond motifs is 1. The molecule has 0 aromatic heterocycles. The Labute approximate surface area is 144 Å². The Morgan fingerprint density at radius 1 is 1.16 bits per heavy atom. The van der Waals surface area contributed by atoms with Gasteiger partial charge in [-0.25, -0.2) is 9.29 Å². The van der Waals surface area contributed by atoms with E-state index in [1.807, 2.05) is 4.90 Å². The molecule has 1 saturated heterocycles. The number of hydrogen-bond acceptors (Lipinski definition) is 5. The lowest BCUT2D eigenvalue weighted by Gasteiger charge is -2.37. The fourth-order valence-electron chi connectivity index (χ4n) is 3.27. The number of likely N-dealkylation sites (tertiary alicyclic amines) is 1. The molecule has 0 spiro atoms. The van der Waals surface area contributed by atoms with Gasteiger partial charge in [-0.1, -0.05) is 12.1 Å². The van der Waals surface area contributed by atoms with E-state index < -0.39 is 35.8 Å². The highest BCUT2D eigenvalue weighted by molar-refractivity contribution is 6.24. The van der Waals surface area contributed by atoms with E-state index in [1.54, 1.807) is 26.2 Å². The van der Waals surface area contributed by atoms with Crippen molar-refractivity contribution in [2.24, 2.45) is 0 Å². The summed E-state index contributed by atoms with van der Waals surface area (Å²) >= 11 is 0. The van der Waals surface area contributed by atoms with Crippen LogP contribution in [-0.4, -0.2) is 65.3 Å². The maximum absolute atomic E-state index is 15.5. The Hall–Kier alpha value is -2.61.